The van der Waals surface area contributed by atoms with Gasteiger partial charge in [-0.3, -0.25) is 4.79 Å². The molecule has 1 aliphatic carbocycles. The first-order valence-electron chi connectivity index (χ1n) is 9.69. The summed E-state index contributed by atoms with van der Waals surface area (Å²) < 4.78 is 22.7. The number of hydrogen-bond acceptors (Lipinski definition) is 8. The van der Waals surface area contributed by atoms with Gasteiger partial charge in [0.05, 0.1) is 34.9 Å². The molecule has 0 saturated heterocycles. The second-order valence-corrected chi connectivity index (χ2v) is 8.77. The van der Waals surface area contributed by atoms with E-state index < -0.39 is 10.0 Å². The minimum absolute atomic E-state index is 0.0491. The molecule has 160 valence electrons. The van der Waals surface area contributed by atoms with Gasteiger partial charge in [-0.05, 0) is 37.0 Å². The van der Waals surface area contributed by atoms with Crippen molar-refractivity contribution in [2.75, 3.05) is 11.9 Å². The van der Waals surface area contributed by atoms with E-state index >= 15 is 0 Å². The molecule has 1 aromatic carbocycles. The van der Waals surface area contributed by atoms with Gasteiger partial charge in [0.2, 0.25) is 10.0 Å². The molecular formula is C20H21N7O3S. The number of nitrogens with zero attached hydrogens (tertiary/aromatic N) is 4. The first-order chi connectivity index (χ1) is 14.9. The zero-order valence-electron chi connectivity index (χ0n) is 16.5. The van der Waals surface area contributed by atoms with Crippen LogP contribution >= 0.6 is 0 Å². The third-order valence-corrected chi connectivity index (χ3v) is 5.71. The molecule has 4 rings (SSSR count). The third-order valence-electron chi connectivity index (χ3n) is 4.78. The molecule has 11 heteroatoms. The van der Waals surface area contributed by atoms with Crippen LogP contribution in [0.1, 0.15) is 40.5 Å². The van der Waals surface area contributed by atoms with Crippen molar-refractivity contribution < 1.29 is 13.2 Å². The summed E-state index contributed by atoms with van der Waals surface area (Å²) in [5, 5.41) is 11.0. The molecule has 0 aliphatic heterocycles. The lowest BCUT2D eigenvalue weighted by Crippen LogP contribution is -2.28. The summed E-state index contributed by atoms with van der Waals surface area (Å²) >= 11 is 0. The molecule has 1 saturated carbocycles. The number of carbonyl (C=O) groups excluding carboxylic acids is 1. The van der Waals surface area contributed by atoms with Gasteiger partial charge in [0.15, 0.2) is 11.5 Å². The Balaban J connectivity index is 1.44. The van der Waals surface area contributed by atoms with Crippen LogP contribution in [0.15, 0.2) is 54.1 Å². The maximum absolute atomic E-state index is 12.8. The van der Waals surface area contributed by atoms with Gasteiger partial charge in [-0.15, -0.1) is 0 Å². The van der Waals surface area contributed by atoms with Crippen LogP contribution in [0.4, 0.5) is 11.5 Å². The van der Waals surface area contributed by atoms with E-state index in [1.807, 2.05) is 0 Å². The lowest BCUT2D eigenvalue weighted by Gasteiger charge is -2.12. The summed E-state index contributed by atoms with van der Waals surface area (Å²) in [6.07, 6.45) is 8.87. The summed E-state index contributed by atoms with van der Waals surface area (Å²) in [5.74, 6) is 0.329. The maximum Gasteiger partial charge on any atom is 0.273 e. The van der Waals surface area contributed by atoms with E-state index in [1.54, 1.807) is 30.7 Å². The van der Waals surface area contributed by atoms with Crippen molar-refractivity contribution >= 4 is 27.4 Å². The number of sulfonamides is 1. The highest BCUT2D eigenvalue weighted by molar-refractivity contribution is 7.89. The fourth-order valence-corrected chi connectivity index (χ4v) is 3.49. The number of primary sulfonamides is 1. The van der Waals surface area contributed by atoms with Gasteiger partial charge in [0, 0.05) is 12.5 Å². The molecule has 1 amide bonds. The highest BCUT2D eigenvalue weighted by Crippen LogP contribution is 2.39. The largest absolute Gasteiger partial charge is 0.350 e. The van der Waals surface area contributed by atoms with E-state index in [0.29, 0.717) is 30.4 Å². The van der Waals surface area contributed by atoms with Crippen LogP contribution < -0.4 is 15.8 Å². The number of benzene rings is 1. The number of anilines is 2. The van der Waals surface area contributed by atoms with Crippen LogP contribution in [0.3, 0.4) is 0 Å². The monoisotopic (exact) mass is 439 g/mol. The molecule has 31 heavy (non-hydrogen) atoms. The molecule has 10 nitrogen and oxygen atoms in total. The minimum atomic E-state index is -3.73. The van der Waals surface area contributed by atoms with E-state index in [1.165, 1.54) is 18.5 Å². The summed E-state index contributed by atoms with van der Waals surface area (Å²) in [6.45, 7) is 0.344. The van der Waals surface area contributed by atoms with Crippen molar-refractivity contribution in [1.29, 1.82) is 0 Å². The number of carbonyl (C=O) groups is 1. The number of nitrogens with two attached hydrogens (primary N) is 1. The lowest BCUT2D eigenvalue weighted by molar-refractivity contribution is 0.0949. The molecule has 0 atom stereocenters. The van der Waals surface area contributed by atoms with Gasteiger partial charge in [-0.25, -0.2) is 33.5 Å². The predicted molar refractivity (Wildman–Crippen MR) is 113 cm³/mol. The van der Waals surface area contributed by atoms with E-state index in [9.17, 15) is 13.2 Å². The number of rotatable bonds is 8. The molecule has 0 bridgehead atoms. The first kappa shape index (κ1) is 20.8. The first-order valence-corrected chi connectivity index (χ1v) is 11.2. The number of hydrogen-bond donors (Lipinski definition) is 3. The van der Waals surface area contributed by atoms with Gasteiger partial charge < -0.3 is 10.6 Å². The SMILES string of the molecule is NS(=O)(=O)c1ccc(CCNC(=O)c2nc(C3CC3)cnc2Nc2cncnc2)cc1. The molecule has 2 heterocycles. The molecule has 0 unspecified atom stereocenters. The molecule has 1 fully saturated rings. The van der Waals surface area contributed by atoms with Gasteiger partial charge in [-0.2, -0.15) is 0 Å². The summed E-state index contributed by atoms with van der Waals surface area (Å²) in [4.78, 5) is 29.7. The Hall–Kier alpha value is -3.44. The Bertz CT molecular complexity index is 1180. The van der Waals surface area contributed by atoms with E-state index in [2.05, 4.69) is 30.6 Å². The average Bonchev–Trinajstić information content (AvgIpc) is 3.60. The number of nitrogens with one attached hydrogen (secondary N) is 2. The molecule has 3 aromatic rings. The Morgan fingerprint density at radius 1 is 1.10 bits per heavy atom. The van der Waals surface area contributed by atoms with Crippen molar-refractivity contribution in [3.05, 3.63) is 66.1 Å². The van der Waals surface area contributed by atoms with E-state index in [0.717, 1.165) is 24.1 Å². The van der Waals surface area contributed by atoms with Crippen molar-refractivity contribution in [2.45, 2.75) is 30.1 Å². The lowest BCUT2D eigenvalue weighted by atomic mass is 10.1. The molecule has 4 N–H and O–H groups in total. The predicted octanol–water partition coefficient (Wildman–Crippen LogP) is 1.51. The highest BCUT2D eigenvalue weighted by Gasteiger charge is 2.27. The summed E-state index contributed by atoms with van der Waals surface area (Å²) in [6, 6.07) is 6.23. The number of aromatic nitrogens is 4. The van der Waals surface area contributed by atoms with Gasteiger partial charge >= 0.3 is 0 Å². The van der Waals surface area contributed by atoms with Gasteiger partial charge in [-0.1, -0.05) is 12.1 Å². The highest BCUT2D eigenvalue weighted by atomic mass is 32.2. The smallest absolute Gasteiger partial charge is 0.273 e. The maximum atomic E-state index is 12.8. The fourth-order valence-electron chi connectivity index (χ4n) is 2.98. The third kappa shape index (κ3) is 5.38. The van der Waals surface area contributed by atoms with Crippen molar-refractivity contribution in [1.82, 2.24) is 25.3 Å². The fraction of sp³-hybridized carbons (Fsp3) is 0.250. The second kappa shape index (κ2) is 8.74. The summed E-state index contributed by atoms with van der Waals surface area (Å²) in [7, 11) is -3.73. The molecule has 0 spiro atoms. The average molecular weight is 440 g/mol. The minimum Gasteiger partial charge on any atom is -0.350 e. The van der Waals surface area contributed by atoms with Crippen molar-refractivity contribution in [2.24, 2.45) is 5.14 Å². The molecule has 2 aromatic heterocycles. The summed E-state index contributed by atoms with van der Waals surface area (Å²) in [5.41, 5.74) is 2.47. The number of amides is 1. The Morgan fingerprint density at radius 3 is 2.45 bits per heavy atom. The standard InChI is InChI=1S/C20H21N7O3S/c21-31(29,30)16-5-1-13(2-6-16)7-8-24-20(28)18-19(26-15-9-22-12-23-10-15)25-11-17(27-18)14-3-4-14/h1-2,5-6,9-12,14H,3-4,7-8H2,(H,24,28)(H,25,26)(H2,21,29,30). The van der Waals surface area contributed by atoms with E-state index in [-0.39, 0.29) is 16.5 Å². The van der Waals surface area contributed by atoms with Gasteiger partial charge in [0.1, 0.15) is 6.33 Å². The Morgan fingerprint density at radius 2 is 1.81 bits per heavy atom. The van der Waals surface area contributed by atoms with Crippen LogP contribution in [0.25, 0.3) is 0 Å². The van der Waals surface area contributed by atoms with Crippen LogP contribution in [0, 0.1) is 0 Å². The van der Waals surface area contributed by atoms with Crippen LogP contribution in [-0.2, 0) is 16.4 Å². The normalized spacial score (nSPS) is 13.6. The van der Waals surface area contributed by atoms with E-state index in [4.69, 9.17) is 5.14 Å². The van der Waals surface area contributed by atoms with Crippen LogP contribution in [-0.4, -0.2) is 40.8 Å². The molecule has 0 radical (unpaired) electrons. The van der Waals surface area contributed by atoms with Crippen LogP contribution in [0.5, 0.6) is 0 Å². The Kier molecular flexibility index (Phi) is 5.87. The molecule has 1 aliphatic rings. The topological polar surface area (TPSA) is 153 Å². The zero-order valence-corrected chi connectivity index (χ0v) is 17.3. The zero-order chi connectivity index (χ0) is 21.8. The van der Waals surface area contributed by atoms with Crippen molar-refractivity contribution in [3.8, 4) is 0 Å². The Labute approximate surface area is 179 Å². The second-order valence-electron chi connectivity index (χ2n) is 7.21. The van der Waals surface area contributed by atoms with Gasteiger partial charge in [0.25, 0.3) is 5.91 Å². The van der Waals surface area contributed by atoms with Crippen molar-refractivity contribution in [3.63, 3.8) is 0 Å². The quantitative estimate of drug-likeness (QED) is 0.477. The van der Waals surface area contributed by atoms with Crippen LogP contribution in [0.2, 0.25) is 0 Å². The molecular weight excluding hydrogens is 418 g/mol.